The van der Waals surface area contributed by atoms with Crippen molar-refractivity contribution in [3.05, 3.63) is 41.6 Å². The SMILES string of the molecule is CC1(C)CCC(C)(C)c2cc(-c3nccc(N4CCC(NCCCCO)CC4)n3)ccc21. The highest BCUT2D eigenvalue weighted by atomic mass is 16.2. The lowest BCUT2D eigenvalue weighted by Gasteiger charge is -2.42. The summed E-state index contributed by atoms with van der Waals surface area (Å²) in [6.45, 7) is 12.8. The van der Waals surface area contributed by atoms with Gasteiger partial charge in [-0.1, -0.05) is 39.8 Å². The zero-order valence-corrected chi connectivity index (χ0v) is 20.3. The number of rotatable bonds is 7. The summed E-state index contributed by atoms with van der Waals surface area (Å²) in [5.41, 5.74) is 4.46. The molecular weight excluding hydrogens is 396 g/mol. The molecule has 1 fully saturated rings. The molecule has 1 aliphatic heterocycles. The van der Waals surface area contributed by atoms with Crippen LogP contribution in [0.5, 0.6) is 0 Å². The first-order valence-corrected chi connectivity index (χ1v) is 12.4. The predicted octanol–water partition coefficient (Wildman–Crippen LogP) is 4.82. The Morgan fingerprint density at radius 2 is 1.72 bits per heavy atom. The molecule has 0 unspecified atom stereocenters. The summed E-state index contributed by atoms with van der Waals surface area (Å²) in [4.78, 5) is 12.0. The van der Waals surface area contributed by atoms with Gasteiger partial charge in [-0.05, 0) is 79.2 Å². The van der Waals surface area contributed by atoms with E-state index >= 15 is 0 Å². The number of fused-ring (bicyclic) bond motifs is 1. The normalized spacial score (nSPS) is 20.2. The average Bonchev–Trinajstić information content (AvgIpc) is 2.80. The van der Waals surface area contributed by atoms with Crippen molar-refractivity contribution >= 4 is 5.82 Å². The van der Waals surface area contributed by atoms with Gasteiger partial charge in [-0.15, -0.1) is 0 Å². The number of aliphatic hydroxyl groups is 1. The minimum atomic E-state index is 0.185. The molecule has 1 aromatic heterocycles. The van der Waals surface area contributed by atoms with E-state index in [-0.39, 0.29) is 17.4 Å². The highest BCUT2D eigenvalue weighted by Crippen LogP contribution is 2.46. The highest BCUT2D eigenvalue weighted by molar-refractivity contribution is 5.61. The van der Waals surface area contributed by atoms with Crippen molar-refractivity contribution in [2.45, 2.75) is 83.1 Å². The van der Waals surface area contributed by atoms with Gasteiger partial charge in [0.2, 0.25) is 0 Å². The molecule has 1 aliphatic carbocycles. The third-order valence-electron chi connectivity index (χ3n) is 7.59. The van der Waals surface area contributed by atoms with Gasteiger partial charge in [0.25, 0.3) is 0 Å². The van der Waals surface area contributed by atoms with Gasteiger partial charge in [-0.2, -0.15) is 0 Å². The number of aromatic nitrogens is 2. The average molecular weight is 437 g/mol. The summed E-state index contributed by atoms with van der Waals surface area (Å²) in [5, 5.41) is 12.6. The first kappa shape index (κ1) is 23.2. The van der Waals surface area contributed by atoms with Crippen LogP contribution in [-0.4, -0.2) is 47.4 Å². The number of nitrogens with zero attached hydrogens (tertiary/aromatic N) is 3. The maximum Gasteiger partial charge on any atom is 0.161 e. The van der Waals surface area contributed by atoms with Gasteiger partial charge >= 0.3 is 0 Å². The summed E-state index contributed by atoms with van der Waals surface area (Å²) < 4.78 is 0. The molecule has 5 heteroatoms. The number of benzene rings is 1. The number of unbranched alkanes of at least 4 members (excludes halogenated alkanes) is 1. The number of hydrogen-bond donors (Lipinski definition) is 2. The second-order valence-corrected chi connectivity index (χ2v) is 10.9. The molecule has 5 nitrogen and oxygen atoms in total. The van der Waals surface area contributed by atoms with Crippen molar-refractivity contribution in [3.63, 3.8) is 0 Å². The van der Waals surface area contributed by atoms with Crippen molar-refractivity contribution in [1.82, 2.24) is 15.3 Å². The highest BCUT2D eigenvalue weighted by Gasteiger charge is 2.37. The zero-order chi connectivity index (χ0) is 22.8. The molecule has 1 aromatic carbocycles. The topological polar surface area (TPSA) is 61.3 Å². The van der Waals surface area contributed by atoms with Crippen LogP contribution in [-0.2, 0) is 10.8 Å². The van der Waals surface area contributed by atoms with Crippen LogP contribution >= 0.6 is 0 Å². The van der Waals surface area contributed by atoms with Crippen molar-refractivity contribution in [2.75, 3.05) is 31.1 Å². The van der Waals surface area contributed by atoms with E-state index in [4.69, 9.17) is 10.1 Å². The summed E-state index contributed by atoms with van der Waals surface area (Å²) in [7, 11) is 0. The van der Waals surface area contributed by atoms with Gasteiger partial charge in [0.15, 0.2) is 5.82 Å². The standard InChI is InChI=1S/C27H40N4O/c1-26(2)12-13-27(3,4)23-19-20(7-8-22(23)26)25-29-15-9-24(30-25)31-16-10-21(11-17-31)28-14-5-6-18-32/h7-9,15,19,21,28,32H,5-6,10-14,16-18H2,1-4H3. The van der Waals surface area contributed by atoms with Crippen LogP contribution in [0.1, 0.15) is 77.3 Å². The molecule has 0 radical (unpaired) electrons. The van der Waals surface area contributed by atoms with Gasteiger partial charge in [0.05, 0.1) is 0 Å². The fraction of sp³-hybridized carbons (Fsp3) is 0.630. The van der Waals surface area contributed by atoms with Crippen LogP contribution in [0.25, 0.3) is 11.4 Å². The quantitative estimate of drug-likeness (QED) is 0.609. The maximum absolute atomic E-state index is 8.93. The van der Waals surface area contributed by atoms with Gasteiger partial charge < -0.3 is 15.3 Å². The first-order valence-electron chi connectivity index (χ1n) is 12.4. The van der Waals surface area contributed by atoms with Gasteiger partial charge in [-0.3, -0.25) is 0 Å². The van der Waals surface area contributed by atoms with Gasteiger partial charge in [-0.25, -0.2) is 9.97 Å². The molecule has 2 aromatic rings. The molecule has 0 amide bonds. The van der Waals surface area contributed by atoms with Crippen LogP contribution < -0.4 is 10.2 Å². The lowest BCUT2D eigenvalue weighted by Crippen LogP contribution is -2.43. The van der Waals surface area contributed by atoms with Crippen LogP contribution in [0.3, 0.4) is 0 Å². The monoisotopic (exact) mass is 436 g/mol. The summed E-state index contributed by atoms with van der Waals surface area (Å²) in [5.74, 6) is 1.86. The molecule has 32 heavy (non-hydrogen) atoms. The molecule has 2 N–H and O–H groups in total. The minimum Gasteiger partial charge on any atom is -0.396 e. The fourth-order valence-electron chi connectivity index (χ4n) is 5.25. The van der Waals surface area contributed by atoms with E-state index in [1.807, 2.05) is 12.3 Å². The molecule has 0 spiro atoms. The van der Waals surface area contributed by atoms with Gasteiger partial charge in [0, 0.05) is 37.5 Å². The lowest BCUT2D eigenvalue weighted by molar-refractivity contribution is 0.281. The number of nitrogens with one attached hydrogen (secondary N) is 1. The van der Waals surface area contributed by atoms with Crippen molar-refractivity contribution < 1.29 is 5.11 Å². The predicted molar refractivity (Wildman–Crippen MR) is 132 cm³/mol. The van der Waals surface area contributed by atoms with E-state index in [0.717, 1.165) is 62.5 Å². The largest absolute Gasteiger partial charge is 0.396 e. The van der Waals surface area contributed by atoms with Crippen molar-refractivity contribution in [2.24, 2.45) is 0 Å². The Balaban J connectivity index is 1.47. The Hall–Kier alpha value is -1.98. The molecule has 1 saturated heterocycles. The second kappa shape index (κ2) is 9.48. The van der Waals surface area contributed by atoms with Crippen LogP contribution in [0, 0.1) is 0 Å². The fourth-order valence-corrected chi connectivity index (χ4v) is 5.25. The molecule has 2 aliphatic rings. The van der Waals surface area contributed by atoms with Crippen LogP contribution in [0.15, 0.2) is 30.5 Å². The minimum absolute atomic E-state index is 0.185. The van der Waals surface area contributed by atoms with E-state index in [2.05, 4.69) is 61.1 Å². The zero-order valence-electron chi connectivity index (χ0n) is 20.3. The molecule has 174 valence electrons. The maximum atomic E-state index is 8.93. The number of anilines is 1. The number of hydrogen-bond acceptors (Lipinski definition) is 5. The Morgan fingerprint density at radius 3 is 2.44 bits per heavy atom. The molecule has 0 bridgehead atoms. The van der Waals surface area contributed by atoms with Crippen LogP contribution in [0.4, 0.5) is 5.82 Å². The Labute approximate surface area is 193 Å². The molecule has 2 heterocycles. The first-order chi connectivity index (χ1) is 15.3. The molecular formula is C27H40N4O. The van der Waals surface area contributed by atoms with Crippen molar-refractivity contribution in [1.29, 1.82) is 0 Å². The van der Waals surface area contributed by atoms with E-state index in [0.29, 0.717) is 6.04 Å². The summed E-state index contributed by atoms with van der Waals surface area (Å²) >= 11 is 0. The lowest BCUT2D eigenvalue weighted by atomic mass is 9.63. The number of piperidine rings is 1. The van der Waals surface area contributed by atoms with Crippen LogP contribution in [0.2, 0.25) is 0 Å². The van der Waals surface area contributed by atoms with Crippen molar-refractivity contribution in [3.8, 4) is 11.4 Å². The molecule has 0 saturated carbocycles. The summed E-state index contributed by atoms with van der Waals surface area (Å²) in [6, 6.07) is 9.48. The van der Waals surface area contributed by atoms with E-state index < -0.39 is 0 Å². The third-order valence-corrected chi connectivity index (χ3v) is 7.59. The smallest absolute Gasteiger partial charge is 0.161 e. The van der Waals surface area contributed by atoms with E-state index in [1.54, 1.807) is 0 Å². The molecule has 4 rings (SSSR count). The van der Waals surface area contributed by atoms with E-state index in [9.17, 15) is 0 Å². The Bertz CT molecular complexity index is 916. The second-order valence-electron chi connectivity index (χ2n) is 10.9. The molecule has 0 atom stereocenters. The third kappa shape index (κ3) is 4.99. The number of aliphatic hydroxyl groups excluding tert-OH is 1. The van der Waals surface area contributed by atoms with Gasteiger partial charge in [0.1, 0.15) is 5.82 Å². The Morgan fingerprint density at radius 1 is 1.00 bits per heavy atom. The van der Waals surface area contributed by atoms with E-state index in [1.165, 1.54) is 24.0 Å². The summed E-state index contributed by atoms with van der Waals surface area (Å²) in [6.07, 6.45) is 8.52. The Kier molecular flexibility index (Phi) is 6.87.